The Bertz CT molecular complexity index is 498. The Morgan fingerprint density at radius 1 is 1.30 bits per heavy atom. The maximum atomic E-state index is 12.3. The number of alkyl carbamates (subject to hydrolysis) is 1. The van der Waals surface area contributed by atoms with E-state index in [9.17, 15) is 9.59 Å². The van der Waals surface area contributed by atoms with Gasteiger partial charge in [0.1, 0.15) is 11.6 Å². The minimum absolute atomic E-state index is 0.227. The second-order valence-corrected chi connectivity index (χ2v) is 6.38. The molecule has 6 nitrogen and oxygen atoms in total. The minimum Gasteiger partial charge on any atom is -0.444 e. The summed E-state index contributed by atoms with van der Waals surface area (Å²) in [5.74, 6) is -0.227. The highest BCUT2D eigenvalue weighted by Crippen LogP contribution is 2.08. The molecule has 0 saturated carbocycles. The van der Waals surface area contributed by atoms with Gasteiger partial charge in [-0.3, -0.25) is 9.78 Å². The molecule has 0 unspecified atom stereocenters. The zero-order valence-electron chi connectivity index (χ0n) is 14.4. The van der Waals surface area contributed by atoms with E-state index >= 15 is 0 Å². The number of carbonyl (C=O) groups is 2. The molecule has 1 heterocycles. The summed E-state index contributed by atoms with van der Waals surface area (Å²) in [6.07, 6.45) is 3.46. The number of pyridine rings is 1. The smallest absolute Gasteiger partial charge is 0.408 e. The fourth-order valence-electron chi connectivity index (χ4n) is 1.93. The van der Waals surface area contributed by atoms with Crippen LogP contribution in [0.2, 0.25) is 0 Å². The van der Waals surface area contributed by atoms with Crippen LogP contribution < -0.4 is 10.6 Å². The molecule has 23 heavy (non-hydrogen) atoms. The van der Waals surface area contributed by atoms with Crippen molar-refractivity contribution in [3.63, 3.8) is 0 Å². The van der Waals surface area contributed by atoms with Crippen molar-refractivity contribution in [3.05, 3.63) is 30.1 Å². The van der Waals surface area contributed by atoms with Gasteiger partial charge in [-0.05, 0) is 39.3 Å². The lowest BCUT2D eigenvalue weighted by molar-refractivity contribution is -0.123. The molecule has 1 atom stereocenters. The quantitative estimate of drug-likeness (QED) is 0.809. The van der Waals surface area contributed by atoms with Gasteiger partial charge >= 0.3 is 6.09 Å². The van der Waals surface area contributed by atoms with Crippen LogP contribution in [0.5, 0.6) is 0 Å². The Morgan fingerprint density at radius 3 is 2.61 bits per heavy atom. The number of unbranched alkanes of at least 4 members (excludes halogenated alkanes) is 1. The van der Waals surface area contributed by atoms with Crippen LogP contribution in [-0.4, -0.2) is 28.6 Å². The van der Waals surface area contributed by atoms with Crippen LogP contribution in [0.1, 0.15) is 52.7 Å². The van der Waals surface area contributed by atoms with Gasteiger partial charge in [0.15, 0.2) is 0 Å². The zero-order valence-corrected chi connectivity index (χ0v) is 14.4. The highest BCUT2D eigenvalue weighted by atomic mass is 16.6. The summed E-state index contributed by atoms with van der Waals surface area (Å²) in [5, 5.41) is 5.46. The SMILES string of the molecule is CCCC[C@H](NC(=O)OC(C)(C)C)C(=O)NCc1ccccn1. The molecule has 6 heteroatoms. The van der Waals surface area contributed by atoms with E-state index in [-0.39, 0.29) is 5.91 Å². The van der Waals surface area contributed by atoms with E-state index in [1.165, 1.54) is 0 Å². The maximum Gasteiger partial charge on any atom is 0.408 e. The van der Waals surface area contributed by atoms with Gasteiger partial charge in [-0.1, -0.05) is 25.8 Å². The number of hydrogen-bond donors (Lipinski definition) is 2. The first kappa shape index (κ1) is 18.9. The molecule has 1 aromatic heterocycles. The first-order valence-corrected chi connectivity index (χ1v) is 7.99. The molecule has 0 aliphatic heterocycles. The topological polar surface area (TPSA) is 80.3 Å². The Kier molecular flexibility index (Phi) is 7.51. The van der Waals surface area contributed by atoms with Crippen molar-refractivity contribution < 1.29 is 14.3 Å². The fourth-order valence-corrected chi connectivity index (χ4v) is 1.93. The average molecular weight is 321 g/mol. The molecule has 1 rings (SSSR count). The number of nitrogens with zero attached hydrogens (tertiary/aromatic N) is 1. The Morgan fingerprint density at radius 2 is 2.04 bits per heavy atom. The average Bonchev–Trinajstić information content (AvgIpc) is 2.48. The zero-order chi connectivity index (χ0) is 17.3. The fraction of sp³-hybridized carbons (Fsp3) is 0.588. The third-order valence-corrected chi connectivity index (χ3v) is 3.02. The van der Waals surface area contributed by atoms with Crippen molar-refractivity contribution >= 4 is 12.0 Å². The van der Waals surface area contributed by atoms with E-state index in [1.54, 1.807) is 27.0 Å². The second-order valence-electron chi connectivity index (χ2n) is 6.38. The van der Waals surface area contributed by atoms with Crippen LogP contribution in [0.4, 0.5) is 4.79 Å². The predicted octanol–water partition coefficient (Wildman–Crippen LogP) is 2.78. The normalized spacial score (nSPS) is 12.3. The molecule has 0 spiro atoms. The molecular formula is C17H27N3O3. The highest BCUT2D eigenvalue weighted by molar-refractivity contribution is 5.85. The number of amides is 2. The van der Waals surface area contributed by atoms with Crippen LogP contribution in [0.3, 0.4) is 0 Å². The van der Waals surface area contributed by atoms with Crippen molar-refractivity contribution in [2.75, 3.05) is 0 Å². The molecular weight excluding hydrogens is 294 g/mol. The van der Waals surface area contributed by atoms with Crippen molar-refractivity contribution in [1.29, 1.82) is 0 Å². The van der Waals surface area contributed by atoms with Crippen molar-refractivity contribution in [2.24, 2.45) is 0 Å². The van der Waals surface area contributed by atoms with Gasteiger partial charge in [-0.15, -0.1) is 0 Å². The van der Waals surface area contributed by atoms with E-state index in [2.05, 4.69) is 15.6 Å². The van der Waals surface area contributed by atoms with Crippen LogP contribution in [0, 0.1) is 0 Å². The Balaban J connectivity index is 2.57. The lowest BCUT2D eigenvalue weighted by Gasteiger charge is -2.23. The molecule has 0 bridgehead atoms. The van der Waals surface area contributed by atoms with Gasteiger partial charge < -0.3 is 15.4 Å². The molecule has 0 aliphatic carbocycles. The van der Waals surface area contributed by atoms with Crippen LogP contribution in [-0.2, 0) is 16.1 Å². The van der Waals surface area contributed by atoms with Gasteiger partial charge in [-0.25, -0.2) is 4.79 Å². The summed E-state index contributed by atoms with van der Waals surface area (Å²) in [5.41, 5.74) is 0.177. The van der Waals surface area contributed by atoms with Crippen LogP contribution in [0.25, 0.3) is 0 Å². The summed E-state index contributed by atoms with van der Waals surface area (Å²) < 4.78 is 5.22. The van der Waals surface area contributed by atoms with E-state index in [4.69, 9.17) is 4.74 Å². The number of aromatic nitrogens is 1. The van der Waals surface area contributed by atoms with Gasteiger partial charge in [-0.2, -0.15) is 0 Å². The summed E-state index contributed by atoms with van der Waals surface area (Å²) in [6.45, 7) is 7.73. The molecule has 0 fully saturated rings. The molecule has 1 aromatic rings. The van der Waals surface area contributed by atoms with Crippen molar-refractivity contribution in [1.82, 2.24) is 15.6 Å². The monoisotopic (exact) mass is 321 g/mol. The van der Waals surface area contributed by atoms with E-state index in [1.807, 2.05) is 25.1 Å². The molecule has 0 saturated heterocycles. The van der Waals surface area contributed by atoms with E-state index in [0.29, 0.717) is 13.0 Å². The van der Waals surface area contributed by atoms with Gasteiger partial charge in [0.2, 0.25) is 5.91 Å². The van der Waals surface area contributed by atoms with E-state index < -0.39 is 17.7 Å². The summed E-state index contributed by atoms with van der Waals surface area (Å²) in [4.78, 5) is 28.4. The molecule has 0 radical (unpaired) electrons. The second kappa shape index (κ2) is 9.12. The summed E-state index contributed by atoms with van der Waals surface area (Å²) in [7, 11) is 0. The Hall–Kier alpha value is -2.11. The summed E-state index contributed by atoms with van der Waals surface area (Å²) >= 11 is 0. The number of carbonyl (C=O) groups excluding carboxylic acids is 2. The predicted molar refractivity (Wildman–Crippen MR) is 88.8 cm³/mol. The minimum atomic E-state index is -0.603. The maximum absolute atomic E-state index is 12.3. The molecule has 0 aliphatic rings. The lowest BCUT2D eigenvalue weighted by atomic mass is 10.1. The first-order chi connectivity index (χ1) is 10.8. The number of rotatable bonds is 7. The number of nitrogens with one attached hydrogen (secondary N) is 2. The molecule has 2 amide bonds. The number of hydrogen-bond acceptors (Lipinski definition) is 4. The molecule has 128 valence electrons. The van der Waals surface area contributed by atoms with Crippen LogP contribution >= 0.6 is 0 Å². The third-order valence-electron chi connectivity index (χ3n) is 3.02. The van der Waals surface area contributed by atoms with Gasteiger partial charge in [0.05, 0.1) is 12.2 Å². The van der Waals surface area contributed by atoms with Gasteiger partial charge in [0, 0.05) is 6.20 Å². The third kappa shape index (κ3) is 8.18. The van der Waals surface area contributed by atoms with Gasteiger partial charge in [0.25, 0.3) is 0 Å². The van der Waals surface area contributed by atoms with Crippen molar-refractivity contribution in [3.8, 4) is 0 Å². The standard InChI is InChI=1S/C17H27N3O3/c1-5-6-10-14(20-16(22)23-17(2,3)4)15(21)19-12-13-9-7-8-11-18-13/h7-9,11,14H,5-6,10,12H2,1-4H3,(H,19,21)(H,20,22)/t14-/m0/s1. The van der Waals surface area contributed by atoms with Crippen LogP contribution in [0.15, 0.2) is 24.4 Å². The van der Waals surface area contributed by atoms with Crippen molar-refractivity contribution in [2.45, 2.75) is 65.1 Å². The largest absolute Gasteiger partial charge is 0.444 e. The first-order valence-electron chi connectivity index (χ1n) is 7.99. The molecule has 0 aromatic carbocycles. The Labute approximate surface area is 138 Å². The molecule has 2 N–H and O–H groups in total. The lowest BCUT2D eigenvalue weighted by Crippen LogP contribution is -2.48. The van der Waals surface area contributed by atoms with E-state index in [0.717, 1.165) is 18.5 Å². The number of ether oxygens (including phenoxy) is 1. The highest BCUT2D eigenvalue weighted by Gasteiger charge is 2.23. The summed E-state index contributed by atoms with van der Waals surface area (Å²) in [6, 6.07) is 4.91.